The van der Waals surface area contributed by atoms with E-state index in [1.165, 1.54) is 50.4 Å². The Morgan fingerprint density at radius 3 is 2.40 bits per heavy atom. The number of halogens is 1. The number of hydrogen-bond donors (Lipinski definition) is 1. The molecule has 0 saturated heterocycles. The van der Waals surface area contributed by atoms with E-state index >= 15 is 0 Å². The minimum Gasteiger partial charge on any atom is -0.370 e. The van der Waals surface area contributed by atoms with Crippen LogP contribution in [-0.4, -0.2) is 25.5 Å². The van der Waals surface area contributed by atoms with Crippen LogP contribution in [0.2, 0.25) is 0 Å². The number of rotatable bonds is 7. The summed E-state index contributed by atoms with van der Waals surface area (Å²) in [6.07, 6.45) is 12.8. The summed E-state index contributed by atoms with van der Waals surface area (Å²) in [5.41, 5.74) is 5.72. The molecule has 2 N–H and O–H groups in total. The second-order valence-electron chi connectivity index (χ2n) is 13.4. The molecule has 4 unspecified atom stereocenters. The minimum atomic E-state index is -0.0235. The molecule has 2 aliphatic rings. The maximum Gasteiger partial charge on any atom is 0.123 e. The standard InChI is InChI=1S/C39H45ClN2/c1-38(2)35(42(5)34-24-22-28-14-7-9-20-32(28)36(34)38)25-23-30-17-10-16-29(37(30)40)18-12-26-39(3,41-4)33-21-11-15-27-13-6-8-19-31(27)33/h6-9,11-15,18-24,29,35,37,41H,10,16-17,25-26H2,1-5H3/p+1/b18-12+,30-23+. The van der Waals surface area contributed by atoms with Crippen molar-refractivity contribution in [2.24, 2.45) is 5.92 Å². The van der Waals surface area contributed by atoms with Crippen molar-refractivity contribution < 1.29 is 5.32 Å². The van der Waals surface area contributed by atoms with Gasteiger partial charge in [-0.15, -0.1) is 11.6 Å². The summed E-state index contributed by atoms with van der Waals surface area (Å²) in [5.74, 6) is 0.385. The second kappa shape index (κ2) is 11.5. The van der Waals surface area contributed by atoms with E-state index in [0.29, 0.717) is 12.0 Å². The molecule has 4 atom stereocenters. The highest BCUT2D eigenvalue weighted by Crippen LogP contribution is 2.49. The molecule has 1 saturated carbocycles. The summed E-state index contributed by atoms with van der Waals surface area (Å²) < 4.78 is 0. The number of alkyl halides is 1. The van der Waals surface area contributed by atoms with E-state index < -0.39 is 0 Å². The summed E-state index contributed by atoms with van der Waals surface area (Å²) in [7, 11) is 4.47. The topological polar surface area (TPSA) is 19.9 Å². The Balaban J connectivity index is 1.18. The Morgan fingerprint density at radius 1 is 0.952 bits per heavy atom. The van der Waals surface area contributed by atoms with Gasteiger partial charge >= 0.3 is 0 Å². The summed E-state index contributed by atoms with van der Waals surface area (Å²) in [6.45, 7) is 7.21. The first-order valence-corrected chi connectivity index (χ1v) is 16.2. The third kappa shape index (κ3) is 5.07. The summed E-state index contributed by atoms with van der Waals surface area (Å²) in [5, 5.41) is 7.81. The van der Waals surface area contributed by atoms with Gasteiger partial charge in [0.1, 0.15) is 5.54 Å². The number of quaternary nitrogens is 1. The number of likely N-dealkylation sites (N-methyl/N-ethyl adjacent to an activating group) is 1. The number of hydrogen-bond acceptors (Lipinski definition) is 1. The fourth-order valence-electron chi connectivity index (χ4n) is 7.87. The molecule has 1 fully saturated rings. The molecule has 42 heavy (non-hydrogen) atoms. The summed E-state index contributed by atoms with van der Waals surface area (Å²) >= 11 is 7.25. The van der Waals surface area contributed by atoms with Crippen LogP contribution in [0.4, 0.5) is 5.69 Å². The van der Waals surface area contributed by atoms with Gasteiger partial charge in [-0.3, -0.25) is 0 Å². The van der Waals surface area contributed by atoms with Crippen LogP contribution in [0.25, 0.3) is 21.5 Å². The molecule has 1 aliphatic heterocycles. The average molecular weight is 578 g/mol. The fraction of sp³-hybridized carbons (Fsp3) is 0.385. The first-order chi connectivity index (χ1) is 20.2. The molecule has 0 radical (unpaired) electrons. The van der Waals surface area contributed by atoms with E-state index in [1.807, 2.05) is 0 Å². The predicted molar refractivity (Wildman–Crippen MR) is 182 cm³/mol. The molecule has 0 aromatic heterocycles. The van der Waals surface area contributed by atoms with Gasteiger partial charge in [-0.2, -0.15) is 0 Å². The van der Waals surface area contributed by atoms with E-state index in [0.717, 1.165) is 25.7 Å². The molecule has 0 amide bonds. The van der Waals surface area contributed by atoms with Crippen molar-refractivity contribution in [3.63, 3.8) is 0 Å². The lowest BCUT2D eigenvalue weighted by molar-refractivity contribution is -0.708. The molecule has 4 aromatic carbocycles. The Kier molecular flexibility index (Phi) is 7.98. The van der Waals surface area contributed by atoms with Crippen LogP contribution in [-0.2, 0) is 11.0 Å². The van der Waals surface area contributed by atoms with E-state index in [2.05, 4.69) is 142 Å². The second-order valence-corrected chi connectivity index (χ2v) is 13.8. The fourth-order valence-corrected chi connectivity index (χ4v) is 8.28. The highest BCUT2D eigenvalue weighted by atomic mass is 35.5. The van der Waals surface area contributed by atoms with Crippen LogP contribution < -0.4 is 10.2 Å². The number of allylic oxidation sites excluding steroid dienone is 2. The molecule has 0 spiro atoms. The van der Waals surface area contributed by atoms with Crippen molar-refractivity contribution >= 4 is 38.8 Å². The van der Waals surface area contributed by atoms with Crippen LogP contribution in [0.5, 0.6) is 0 Å². The van der Waals surface area contributed by atoms with E-state index in [9.17, 15) is 0 Å². The zero-order valence-electron chi connectivity index (χ0n) is 25.9. The van der Waals surface area contributed by atoms with E-state index in [-0.39, 0.29) is 16.3 Å². The van der Waals surface area contributed by atoms with Crippen LogP contribution in [0.1, 0.15) is 64.0 Å². The van der Waals surface area contributed by atoms with Gasteiger partial charge in [-0.25, -0.2) is 0 Å². The Bertz CT molecular complexity index is 1640. The average Bonchev–Trinajstić information content (AvgIpc) is 3.21. The normalized spacial score (nSPS) is 24.5. The molecule has 6 rings (SSSR count). The molecule has 3 heteroatoms. The Hall–Kier alpha value is -3.07. The third-order valence-corrected chi connectivity index (χ3v) is 11.1. The van der Waals surface area contributed by atoms with Crippen molar-refractivity contribution in [1.29, 1.82) is 0 Å². The van der Waals surface area contributed by atoms with Crippen molar-refractivity contribution in [1.82, 2.24) is 0 Å². The van der Waals surface area contributed by atoms with Gasteiger partial charge in [-0.05, 0) is 71.7 Å². The maximum atomic E-state index is 7.25. The summed E-state index contributed by atoms with van der Waals surface area (Å²) in [4.78, 5) is 2.51. The van der Waals surface area contributed by atoms with Crippen LogP contribution in [0.15, 0.2) is 103 Å². The van der Waals surface area contributed by atoms with Gasteiger partial charge in [0, 0.05) is 36.2 Å². The van der Waals surface area contributed by atoms with Crippen molar-refractivity contribution in [3.8, 4) is 0 Å². The number of nitrogens with two attached hydrogens (primary N) is 1. The Labute approximate surface area is 257 Å². The number of benzene rings is 4. The lowest BCUT2D eigenvalue weighted by Crippen LogP contribution is -2.90. The number of nitrogens with zero attached hydrogens (tertiary/aromatic N) is 1. The Morgan fingerprint density at radius 2 is 1.64 bits per heavy atom. The van der Waals surface area contributed by atoms with Gasteiger partial charge in [-0.1, -0.05) is 110 Å². The predicted octanol–water partition coefficient (Wildman–Crippen LogP) is 8.87. The molecular weight excluding hydrogens is 532 g/mol. The zero-order chi connectivity index (χ0) is 29.5. The molecular formula is C39H46ClN2+. The SMILES string of the molecule is C[NH2+]C(C)(C/C=C/C1CCC/C(=C\CC2N(C)c3ccc4ccccc4c3C2(C)C)C1Cl)c1cccc2ccccc12. The highest BCUT2D eigenvalue weighted by Gasteiger charge is 2.43. The first-order valence-electron chi connectivity index (χ1n) is 15.8. The van der Waals surface area contributed by atoms with Crippen LogP contribution >= 0.6 is 11.6 Å². The quantitative estimate of drug-likeness (QED) is 0.172. The smallest absolute Gasteiger partial charge is 0.123 e. The molecule has 0 bridgehead atoms. The minimum absolute atomic E-state index is 0.0235. The highest BCUT2D eigenvalue weighted by molar-refractivity contribution is 6.22. The largest absolute Gasteiger partial charge is 0.370 e. The third-order valence-electron chi connectivity index (χ3n) is 10.5. The van der Waals surface area contributed by atoms with Crippen LogP contribution in [0.3, 0.4) is 0 Å². The van der Waals surface area contributed by atoms with E-state index in [4.69, 9.17) is 11.6 Å². The van der Waals surface area contributed by atoms with Gasteiger partial charge in [0.05, 0.1) is 12.4 Å². The lowest BCUT2D eigenvalue weighted by Gasteiger charge is -2.33. The molecule has 2 nitrogen and oxygen atoms in total. The van der Waals surface area contributed by atoms with Crippen molar-refractivity contribution in [3.05, 3.63) is 114 Å². The van der Waals surface area contributed by atoms with Crippen molar-refractivity contribution in [2.45, 2.75) is 75.2 Å². The van der Waals surface area contributed by atoms with Gasteiger partial charge in [0.25, 0.3) is 0 Å². The lowest BCUT2D eigenvalue weighted by atomic mass is 9.76. The van der Waals surface area contributed by atoms with Gasteiger partial charge in [0.15, 0.2) is 0 Å². The summed E-state index contributed by atoms with van der Waals surface area (Å²) in [6, 6.07) is 29.3. The number of anilines is 1. The van der Waals surface area contributed by atoms with E-state index in [1.54, 1.807) is 0 Å². The maximum absolute atomic E-state index is 7.25. The van der Waals surface area contributed by atoms with Crippen LogP contribution in [0, 0.1) is 5.92 Å². The molecule has 218 valence electrons. The first kappa shape index (κ1) is 29.0. The zero-order valence-corrected chi connectivity index (χ0v) is 26.7. The molecule has 1 heterocycles. The van der Waals surface area contributed by atoms with Crippen molar-refractivity contribution in [2.75, 3.05) is 19.0 Å². The molecule has 1 aliphatic carbocycles. The van der Waals surface area contributed by atoms with Gasteiger partial charge in [0.2, 0.25) is 0 Å². The van der Waals surface area contributed by atoms with Gasteiger partial charge < -0.3 is 10.2 Å². The molecule has 4 aromatic rings. The number of fused-ring (bicyclic) bond motifs is 4. The monoisotopic (exact) mass is 577 g/mol.